The van der Waals surface area contributed by atoms with Crippen molar-refractivity contribution < 1.29 is 19.4 Å². The van der Waals surface area contributed by atoms with Gasteiger partial charge in [0.05, 0.1) is 30.0 Å². The summed E-state index contributed by atoms with van der Waals surface area (Å²) in [6.45, 7) is 2.77. The van der Waals surface area contributed by atoms with Gasteiger partial charge in [-0.15, -0.1) is 0 Å². The summed E-state index contributed by atoms with van der Waals surface area (Å²) in [6, 6.07) is 8.20. The SMILES string of the molecule is CCOc1c(OC)ccc(Br)c1CNc1cc(C(=O)O)ccc1Cl. The maximum atomic E-state index is 11.1. The molecule has 0 aliphatic carbocycles. The first-order chi connectivity index (χ1) is 11.5. The van der Waals surface area contributed by atoms with Crippen LogP contribution in [0, 0.1) is 0 Å². The molecule has 0 heterocycles. The molecular formula is C17H17BrClNO4. The Morgan fingerprint density at radius 3 is 2.71 bits per heavy atom. The number of benzene rings is 2. The minimum Gasteiger partial charge on any atom is -0.493 e. The highest BCUT2D eigenvalue weighted by Gasteiger charge is 2.15. The second kappa shape index (κ2) is 8.26. The number of carbonyl (C=O) groups is 1. The molecule has 128 valence electrons. The summed E-state index contributed by atoms with van der Waals surface area (Å²) in [7, 11) is 1.58. The molecule has 0 aliphatic heterocycles. The summed E-state index contributed by atoms with van der Waals surface area (Å²) in [5.41, 5.74) is 1.55. The zero-order valence-electron chi connectivity index (χ0n) is 13.2. The number of rotatable bonds is 7. The molecule has 0 fully saturated rings. The Kier molecular flexibility index (Phi) is 6.34. The Morgan fingerprint density at radius 2 is 2.08 bits per heavy atom. The van der Waals surface area contributed by atoms with E-state index in [1.54, 1.807) is 13.2 Å². The number of carboxylic acids is 1. The zero-order valence-corrected chi connectivity index (χ0v) is 15.6. The fourth-order valence-electron chi connectivity index (χ4n) is 2.19. The minimum absolute atomic E-state index is 0.164. The van der Waals surface area contributed by atoms with Gasteiger partial charge in [-0.25, -0.2) is 4.79 Å². The molecule has 0 saturated carbocycles. The highest BCUT2D eigenvalue weighted by molar-refractivity contribution is 9.10. The topological polar surface area (TPSA) is 67.8 Å². The van der Waals surface area contributed by atoms with Gasteiger partial charge in [0.25, 0.3) is 0 Å². The lowest BCUT2D eigenvalue weighted by Gasteiger charge is -2.17. The van der Waals surface area contributed by atoms with Crippen LogP contribution in [0.25, 0.3) is 0 Å². The molecule has 24 heavy (non-hydrogen) atoms. The largest absolute Gasteiger partial charge is 0.493 e. The van der Waals surface area contributed by atoms with Gasteiger partial charge in [0.15, 0.2) is 11.5 Å². The van der Waals surface area contributed by atoms with Gasteiger partial charge < -0.3 is 19.9 Å². The number of aromatic carboxylic acids is 1. The molecule has 0 bridgehead atoms. The van der Waals surface area contributed by atoms with E-state index in [0.717, 1.165) is 10.0 Å². The Labute approximate surface area is 153 Å². The molecule has 2 N–H and O–H groups in total. The highest BCUT2D eigenvalue weighted by atomic mass is 79.9. The van der Waals surface area contributed by atoms with E-state index < -0.39 is 5.97 Å². The Balaban J connectivity index is 2.32. The molecule has 2 aromatic carbocycles. The molecule has 0 unspecified atom stereocenters. The predicted molar refractivity (Wildman–Crippen MR) is 97.6 cm³/mol. The van der Waals surface area contributed by atoms with Gasteiger partial charge in [-0.2, -0.15) is 0 Å². The Morgan fingerprint density at radius 1 is 1.33 bits per heavy atom. The monoisotopic (exact) mass is 413 g/mol. The average Bonchev–Trinajstić information content (AvgIpc) is 2.56. The number of nitrogens with one attached hydrogen (secondary N) is 1. The van der Waals surface area contributed by atoms with E-state index >= 15 is 0 Å². The fraction of sp³-hybridized carbons (Fsp3) is 0.235. The maximum Gasteiger partial charge on any atom is 0.335 e. The summed E-state index contributed by atoms with van der Waals surface area (Å²) in [5, 5.41) is 12.7. The first kappa shape index (κ1) is 18.4. The number of methoxy groups -OCH3 is 1. The number of hydrogen-bond acceptors (Lipinski definition) is 4. The molecule has 0 amide bonds. The van der Waals surface area contributed by atoms with Gasteiger partial charge >= 0.3 is 5.97 Å². The predicted octanol–water partition coefficient (Wildman–Crippen LogP) is 4.82. The van der Waals surface area contributed by atoms with Crippen LogP contribution in [-0.4, -0.2) is 24.8 Å². The van der Waals surface area contributed by atoms with E-state index in [1.165, 1.54) is 12.1 Å². The lowest BCUT2D eigenvalue weighted by molar-refractivity contribution is 0.0697. The van der Waals surface area contributed by atoms with Crippen LogP contribution in [0.5, 0.6) is 11.5 Å². The standard InChI is InChI=1S/C17H17BrClNO4/c1-3-24-16-11(12(18)5-7-15(16)23-2)9-20-14-8-10(17(21)22)4-6-13(14)19/h4-8,20H,3,9H2,1-2H3,(H,21,22). The summed E-state index contributed by atoms with van der Waals surface area (Å²) in [6.07, 6.45) is 0. The average molecular weight is 415 g/mol. The third-order valence-corrected chi connectivity index (χ3v) is 4.42. The third-order valence-electron chi connectivity index (χ3n) is 3.34. The number of hydrogen-bond donors (Lipinski definition) is 2. The quantitative estimate of drug-likeness (QED) is 0.680. The number of anilines is 1. The molecule has 0 aromatic heterocycles. The molecule has 7 heteroatoms. The van der Waals surface area contributed by atoms with Crippen molar-refractivity contribution in [1.29, 1.82) is 0 Å². The van der Waals surface area contributed by atoms with E-state index in [-0.39, 0.29) is 5.56 Å². The van der Waals surface area contributed by atoms with Crippen LogP contribution < -0.4 is 14.8 Å². The van der Waals surface area contributed by atoms with Crippen molar-refractivity contribution in [3.8, 4) is 11.5 Å². The summed E-state index contributed by atoms with van der Waals surface area (Å²) in [5.74, 6) is 0.252. The van der Waals surface area contributed by atoms with Crippen LogP contribution in [0.3, 0.4) is 0 Å². The zero-order chi connectivity index (χ0) is 17.7. The number of ether oxygens (including phenoxy) is 2. The minimum atomic E-state index is -1.01. The van der Waals surface area contributed by atoms with Crippen molar-refractivity contribution in [2.24, 2.45) is 0 Å². The van der Waals surface area contributed by atoms with Crippen LogP contribution in [0.2, 0.25) is 5.02 Å². The van der Waals surface area contributed by atoms with Crippen LogP contribution in [-0.2, 0) is 6.54 Å². The normalized spacial score (nSPS) is 10.3. The maximum absolute atomic E-state index is 11.1. The molecule has 0 spiro atoms. The third kappa shape index (κ3) is 4.13. The Bertz CT molecular complexity index is 752. The van der Waals surface area contributed by atoms with Gasteiger partial charge in [0, 0.05) is 16.6 Å². The van der Waals surface area contributed by atoms with E-state index in [2.05, 4.69) is 21.2 Å². The van der Waals surface area contributed by atoms with Gasteiger partial charge in [0.1, 0.15) is 0 Å². The van der Waals surface area contributed by atoms with Crippen LogP contribution in [0.15, 0.2) is 34.8 Å². The number of carboxylic acid groups (broad SMARTS) is 1. The molecule has 0 radical (unpaired) electrons. The second-order valence-corrected chi connectivity index (χ2v) is 6.11. The van der Waals surface area contributed by atoms with Crippen molar-refractivity contribution in [2.45, 2.75) is 13.5 Å². The van der Waals surface area contributed by atoms with Crippen LogP contribution in [0.4, 0.5) is 5.69 Å². The fourth-order valence-corrected chi connectivity index (χ4v) is 2.82. The highest BCUT2D eigenvalue weighted by Crippen LogP contribution is 2.37. The van der Waals surface area contributed by atoms with Crippen molar-refractivity contribution >= 4 is 39.2 Å². The van der Waals surface area contributed by atoms with E-state index in [4.69, 9.17) is 26.2 Å². The van der Waals surface area contributed by atoms with Crippen molar-refractivity contribution in [1.82, 2.24) is 0 Å². The molecule has 0 atom stereocenters. The van der Waals surface area contributed by atoms with E-state index in [0.29, 0.717) is 35.4 Å². The van der Waals surface area contributed by atoms with Gasteiger partial charge in [-0.3, -0.25) is 0 Å². The molecule has 5 nitrogen and oxygen atoms in total. The van der Waals surface area contributed by atoms with Crippen LogP contribution >= 0.6 is 27.5 Å². The molecule has 0 saturated heterocycles. The van der Waals surface area contributed by atoms with Crippen molar-refractivity contribution in [2.75, 3.05) is 19.0 Å². The lowest BCUT2D eigenvalue weighted by Crippen LogP contribution is -2.07. The van der Waals surface area contributed by atoms with Gasteiger partial charge in [0.2, 0.25) is 0 Å². The lowest BCUT2D eigenvalue weighted by atomic mass is 10.1. The van der Waals surface area contributed by atoms with Crippen molar-refractivity contribution in [3.63, 3.8) is 0 Å². The van der Waals surface area contributed by atoms with Gasteiger partial charge in [-0.05, 0) is 37.3 Å². The first-order valence-electron chi connectivity index (χ1n) is 7.22. The van der Waals surface area contributed by atoms with Gasteiger partial charge in [-0.1, -0.05) is 27.5 Å². The summed E-state index contributed by atoms with van der Waals surface area (Å²) < 4.78 is 11.9. The summed E-state index contributed by atoms with van der Waals surface area (Å²) >= 11 is 9.65. The second-order valence-electron chi connectivity index (χ2n) is 4.84. The molecular weight excluding hydrogens is 398 g/mol. The van der Waals surface area contributed by atoms with E-state index in [1.807, 2.05) is 19.1 Å². The number of halogens is 2. The Hall–Kier alpha value is -1.92. The smallest absolute Gasteiger partial charge is 0.335 e. The molecule has 2 rings (SSSR count). The molecule has 2 aromatic rings. The van der Waals surface area contributed by atoms with Crippen molar-refractivity contribution in [3.05, 3.63) is 51.0 Å². The first-order valence-corrected chi connectivity index (χ1v) is 8.39. The molecule has 0 aliphatic rings. The van der Waals surface area contributed by atoms with E-state index in [9.17, 15) is 4.79 Å². The van der Waals surface area contributed by atoms with Crippen LogP contribution in [0.1, 0.15) is 22.8 Å². The summed E-state index contributed by atoms with van der Waals surface area (Å²) in [4.78, 5) is 11.1.